The van der Waals surface area contributed by atoms with Crippen LogP contribution in [0.4, 0.5) is 8.78 Å². The van der Waals surface area contributed by atoms with Gasteiger partial charge in [0.15, 0.2) is 0 Å². The number of ketones is 1. The fraction of sp³-hybridized carbons (Fsp3) is 0.143. The molecular weight excluding hydrogens is 188 g/mol. The number of aromatic nitrogens is 1. The van der Waals surface area contributed by atoms with Gasteiger partial charge < -0.3 is 0 Å². The lowest BCUT2D eigenvalue weighted by Crippen LogP contribution is -2.11. The molecule has 0 aliphatic carbocycles. The van der Waals surface area contributed by atoms with Gasteiger partial charge in [0.1, 0.15) is 10.8 Å². The molecule has 0 saturated carbocycles. The summed E-state index contributed by atoms with van der Waals surface area (Å²) in [5.41, 5.74) is -0.308. The van der Waals surface area contributed by atoms with E-state index in [1.807, 2.05) is 0 Å². The summed E-state index contributed by atoms with van der Waals surface area (Å²) in [6.07, 6.45) is -3.03. The Labute approximate surface area is 72.2 Å². The highest BCUT2D eigenvalue weighted by atomic mass is 35.5. The zero-order valence-electron chi connectivity index (χ0n) is 5.80. The SMILES string of the molecule is O=C(c1cccc(Cl)n1)C(F)F. The molecule has 1 aromatic heterocycles. The number of carbonyl (C=O) groups is 1. The predicted molar refractivity (Wildman–Crippen MR) is 39.6 cm³/mol. The van der Waals surface area contributed by atoms with E-state index in [4.69, 9.17) is 11.6 Å². The molecule has 0 saturated heterocycles. The number of halogens is 3. The third-order valence-corrected chi connectivity index (χ3v) is 1.38. The number of nitrogens with zero attached hydrogens (tertiary/aromatic N) is 1. The minimum absolute atomic E-state index is 0.0292. The maximum atomic E-state index is 11.8. The molecule has 12 heavy (non-hydrogen) atoms. The average molecular weight is 192 g/mol. The Morgan fingerprint density at radius 1 is 1.50 bits per heavy atom. The minimum Gasteiger partial charge on any atom is -0.286 e. The van der Waals surface area contributed by atoms with E-state index >= 15 is 0 Å². The van der Waals surface area contributed by atoms with E-state index in [0.29, 0.717) is 0 Å². The summed E-state index contributed by atoms with van der Waals surface area (Å²) in [4.78, 5) is 14.1. The molecule has 0 radical (unpaired) electrons. The first-order chi connectivity index (χ1) is 5.61. The topological polar surface area (TPSA) is 30.0 Å². The second kappa shape index (κ2) is 3.58. The highest BCUT2D eigenvalue weighted by Gasteiger charge is 2.18. The van der Waals surface area contributed by atoms with Crippen LogP contribution in [-0.2, 0) is 0 Å². The van der Waals surface area contributed by atoms with E-state index in [1.54, 1.807) is 0 Å². The minimum atomic E-state index is -3.03. The molecule has 64 valence electrons. The lowest BCUT2D eigenvalue weighted by atomic mass is 10.2. The third-order valence-electron chi connectivity index (χ3n) is 1.17. The van der Waals surface area contributed by atoms with Crippen molar-refractivity contribution in [3.63, 3.8) is 0 Å². The van der Waals surface area contributed by atoms with Crippen LogP contribution in [0.3, 0.4) is 0 Å². The molecule has 0 unspecified atom stereocenters. The number of hydrogen-bond donors (Lipinski definition) is 0. The Kier molecular flexibility index (Phi) is 2.70. The number of pyridine rings is 1. The first kappa shape index (κ1) is 9.06. The highest BCUT2D eigenvalue weighted by molar-refractivity contribution is 6.29. The van der Waals surface area contributed by atoms with Gasteiger partial charge in [-0.3, -0.25) is 4.79 Å². The first-order valence-corrected chi connectivity index (χ1v) is 3.44. The third kappa shape index (κ3) is 1.98. The normalized spacial score (nSPS) is 10.3. The fourth-order valence-electron chi connectivity index (χ4n) is 0.657. The maximum absolute atomic E-state index is 11.8. The Morgan fingerprint density at radius 3 is 2.67 bits per heavy atom. The quantitative estimate of drug-likeness (QED) is 0.530. The summed E-state index contributed by atoms with van der Waals surface area (Å²) < 4.78 is 23.6. The summed E-state index contributed by atoms with van der Waals surface area (Å²) in [5.74, 6) is -1.31. The summed E-state index contributed by atoms with van der Waals surface area (Å²) in [7, 11) is 0. The summed E-state index contributed by atoms with van der Waals surface area (Å²) in [5, 5.41) is 0.0292. The maximum Gasteiger partial charge on any atom is 0.302 e. The van der Waals surface area contributed by atoms with Gasteiger partial charge >= 0.3 is 6.43 Å². The monoisotopic (exact) mass is 191 g/mol. The Bertz CT molecular complexity index is 303. The van der Waals surface area contributed by atoms with Crippen LogP contribution >= 0.6 is 11.6 Å². The second-order valence-corrected chi connectivity index (χ2v) is 2.40. The molecule has 5 heteroatoms. The van der Waals surface area contributed by atoms with Gasteiger partial charge in [-0.2, -0.15) is 0 Å². The fourth-order valence-corrected chi connectivity index (χ4v) is 0.821. The van der Waals surface area contributed by atoms with Gasteiger partial charge in [-0.15, -0.1) is 0 Å². The van der Waals surface area contributed by atoms with Crippen LogP contribution in [0, 0.1) is 0 Å². The average Bonchev–Trinajstić information content (AvgIpc) is 2.03. The van der Waals surface area contributed by atoms with Crippen LogP contribution < -0.4 is 0 Å². The van der Waals surface area contributed by atoms with Gasteiger partial charge in [0.2, 0.25) is 5.78 Å². The van der Waals surface area contributed by atoms with Gasteiger partial charge in [0, 0.05) is 0 Å². The van der Waals surface area contributed by atoms with Gasteiger partial charge in [-0.05, 0) is 12.1 Å². The van der Waals surface area contributed by atoms with Crippen molar-refractivity contribution in [2.45, 2.75) is 6.43 Å². The van der Waals surface area contributed by atoms with Crippen molar-refractivity contribution in [2.75, 3.05) is 0 Å². The van der Waals surface area contributed by atoms with E-state index in [-0.39, 0.29) is 10.8 Å². The van der Waals surface area contributed by atoms with E-state index in [9.17, 15) is 13.6 Å². The van der Waals surface area contributed by atoms with Crippen molar-refractivity contribution in [1.29, 1.82) is 0 Å². The lowest BCUT2D eigenvalue weighted by molar-refractivity contribution is 0.0673. The van der Waals surface area contributed by atoms with Gasteiger partial charge in [-0.1, -0.05) is 17.7 Å². The molecule has 1 rings (SSSR count). The number of rotatable bonds is 2. The zero-order valence-corrected chi connectivity index (χ0v) is 6.55. The molecule has 0 fully saturated rings. The molecule has 0 amide bonds. The van der Waals surface area contributed by atoms with Crippen LogP contribution in [-0.4, -0.2) is 17.2 Å². The van der Waals surface area contributed by atoms with Crippen LogP contribution in [0.25, 0.3) is 0 Å². The van der Waals surface area contributed by atoms with Gasteiger partial charge in [0.05, 0.1) is 0 Å². The molecule has 0 N–H and O–H groups in total. The van der Waals surface area contributed by atoms with Crippen molar-refractivity contribution >= 4 is 17.4 Å². The summed E-state index contributed by atoms with van der Waals surface area (Å²) in [6.45, 7) is 0. The van der Waals surface area contributed by atoms with Crippen molar-refractivity contribution in [3.8, 4) is 0 Å². The van der Waals surface area contributed by atoms with E-state index in [1.165, 1.54) is 18.2 Å². The molecule has 0 bridgehead atoms. The molecule has 0 aliphatic rings. The summed E-state index contributed by atoms with van der Waals surface area (Å²) in [6, 6.07) is 4.00. The molecule has 1 heterocycles. The largest absolute Gasteiger partial charge is 0.302 e. The number of alkyl halides is 2. The lowest BCUT2D eigenvalue weighted by Gasteiger charge is -1.97. The Hall–Kier alpha value is -1.03. The van der Waals surface area contributed by atoms with Crippen molar-refractivity contribution in [1.82, 2.24) is 4.98 Å². The Balaban J connectivity index is 2.96. The van der Waals surface area contributed by atoms with Crippen molar-refractivity contribution in [3.05, 3.63) is 29.0 Å². The van der Waals surface area contributed by atoms with E-state index < -0.39 is 12.2 Å². The molecular formula is C7H4ClF2NO. The molecule has 0 aliphatic heterocycles. The second-order valence-electron chi connectivity index (χ2n) is 2.01. The van der Waals surface area contributed by atoms with E-state index in [2.05, 4.69) is 4.98 Å². The van der Waals surface area contributed by atoms with Crippen LogP contribution in [0.15, 0.2) is 18.2 Å². The summed E-state index contributed by atoms with van der Waals surface area (Å²) >= 11 is 5.39. The highest BCUT2D eigenvalue weighted by Crippen LogP contribution is 2.09. The predicted octanol–water partition coefficient (Wildman–Crippen LogP) is 2.18. The standard InChI is InChI=1S/C7H4ClF2NO/c8-5-3-1-2-4(11-5)6(12)7(9)10/h1-3,7H. The van der Waals surface area contributed by atoms with Crippen molar-refractivity contribution < 1.29 is 13.6 Å². The van der Waals surface area contributed by atoms with Gasteiger partial charge in [-0.25, -0.2) is 13.8 Å². The van der Waals surface area contributed by atoms with Crippen LogP contribution in [0.2, 0.25) is 5.15 Å². The zero-order chi connectivity index (χ0) is 9.14. The molecule has 2 nitrogen and oxygen atoms in total. The number of Topliss-reactive ketones (excluding diaryl/α,β-unsaturated/α-hetero) is 1. The molecule has 1 aromatic rings. The van der Waals surface area contributed by atoms with Gasteiger partial charge in [0.25, 0.3) is 0 Å². The smallest absolute Gasteiger partial charge is 0.286 e. The van der Waals surface area contributed by atoms with Crippen LogP contribution in [0.5, 0.6) is 0 Å². The first-order valence-electron chi connectivity index (χ1n) is 3.06. The number of hydrogen-bond acceptors (Lipinski definition) is 2. The molecule has 0 spiro atoms. The molecule has 0 aromatic carbocycles. The van der Waals surface area contributed by atoms with E-state index in [0.717, 1.165) is 0 Å². The number of carbonyl (C=O) groups excluding carboxylic acids is 1. The van der Waals surface area contributed by atoms with Crippen LogP contribution in [0.1, 0.15) is 10.5 Å². The Morgan fingerprint density at radius 2 is 2.17 bits per heavy atom. The van der Waals surface area contributed by atoms with Crippen molar-refractivity contribution in [2.24, 2.45) is 0 Å². The molecule has 0 atom stereocenters.